The second-order valence-corrected chi connectivity index (χ2v) is 16.3. The van der Waals surface area contributed by atoms with Crippen molar-refractivity contribution < 1.29 is 27.8 Å². The van der Waals surface area contributed by atoms with E-state index >= 15 is 0 Å². The molecule has 1 fully saturated rings. The predicted octanol–water partition coefficient (Wildman–Crippen LogP) is 5.48. The lowest BCUT2D eigenvalue weighted by atomic mass is 9.63. The lowest BCUT2D eigenvalue weighted by Crippen LogP contribution is -2.54. The van der Waals surface area contributed by atoms with Crippen molar-refractivity contribution in [1.82, 2.24) is 4.72 Å². The Morgan fingerprint density at radius 1 is 1.11 bits per heavy atom. The van der Waals surface area contributed by atoms with Gasteiger partial charge in [-0.3, -0.25) is 4.79 Å². The zero-order chi connectivity index (χ0) is 31.3. The van der Waals surface area contributed by atoms with Gasteiger partial charge in [0, 0.05) is 36.2 Å². The van der Waals surface area contributed by atoms with Crippen LogP contribution < -0.4 is 14.4 Å². The fraction of sp³-hybridized carbons (Fsp3) is 0.618. The highest BCUT2D eigenvalue weighted by molar-refractivity contribution is 7.90. The highest BCUT2D eigenvalue weighted by Gasteiger charge is 2.49. The monoisotopic (exact) mass is 644 g/mol. The third-order valence-electron chi connectivity index (χ3n) is 11.1. The van der Waals surface area contributed by atoms with E-state index in [1.54, 1.807) is 32.2 Å². The Hall–Kier alpha value is -2.33. The molecule has 2 aromatic carbocycles. The third-order valence-corrected chi connectivity index (χ3v) is 13.2. The summed E-state index contributed by atoms with van der Waals surface area (Å²) in [6, 6.07) is 11.4. The molecule has 240 valence electrons. The van der Waals surface area contributed by atoms with Crippen LogP contribution in [0.2, 0.25) is 5.02 Å². The molecule has 2 N–H and O–H groups in total. The average Bonchev–Trinajstić information content (AvgIpc) is 3.11. The molecule has 1 saturated carbocycles. The molecule has 1 spiro atoms. The van der Waals surface area contributed by atoms with E-state index in [1.807, 2.05) is 13.0 Å². The molecule has 6 rings (SSSR count). The number of nitrogens with zero attached hydrogens (tertiary/aromatic N) is 1. The minimum atomic E-state index is -3.93. The molecule has 10 heteroatoms. The van der Waals surface area contributed by atoms with Crippen LogP contribution in [0.3, 0.4) is 0 Å². The third kappa shape index (κ3) is 5.85. The Balaban J connectivity index is 1.43. The van der Waals surface area contributed by atoms with Gasteiger partial charge in [-0.2, -0.15) is 0 Å². The van der Waals surface area contributed by atoms with Crippen molar-refractivity contribution in [3.8, 4) is 5.75 Å². The number of anilines is 1. The molecule has 6 atom stereocenters. The van der Waals surface area contributed by atoms with E-state index in [2.05, 4.69) is 21.8 Å². The zero-order valence-corrected chi connectivity index (χ0v) is 27.6. The highest BCUT2D eigenvalue weighted by Crippen LogP contribution is 2.49. The van der Waals surface area contributed by atoms with Gasteiger partial charge in [-0.15, -0.1) is 0 Å². The van der Waals surface area contributed by atoms with Crippen molar-refractivity contribution in [3.63, 3.8) is 0 Å². The van der Waals surface area contributed by atoms with Crippen LogP contribution in [0.25, 0.3) is 0 Å². The van der Waals surface area contributed by atoms with Crippen LogP contribution in [0.1, 0.15) is 80.3 Å². The smallest absolute Gasteiger partial charge is 0.264 e. The number of aliphatic hydroxyl groups is 1. The summed E-state index contributed by atoms with van der Waals surface area (Å²) in [5.74, 6) is 0.130. The number of nitrogens with one attached hydrogen (secondary N) is 1. The fourth-order valence-corrected chi connectivity index (χ4v) is 9.70. The molecular formula is C34H45ClN2O6S. The number of carbonyl (C=O) groups excluding carboxylic acids is 1. The molecular weight excluding hydrogens is 600 g/mol. The Kier molecular flexibility index (Phi) is 8.72. The van der Waals surface area contributed by atoms with E-state index in [1.165, 1.54) is 11.1 Å². The van der Waals surface area contributed by atoms with Crippen molar-refractivity contribution in [2.45, 2.75) is 81.5 Å². The molecule has 44 heavy (non-hydrogen) atoms. The molecule has 2 aromatic rings. The first-order valence-corrected chi connectivity index (χ1v) is 18.0. The predicted molar refractivity (Wildman–Crippen MR) is 172 cm³/mol. The number of benzene rings is 2. The largest absolute Gasteiger partial charge is 0.490 e. The first-order chi connectivity index (χ1) is 20.9. The van der Waals surface area contributed by atoms with Crippen molar-refractivity contribution in [3.05, 3.63) is 58.1 Å². The quantitative estimate of drug-likeness (QED) is 0.446. The van der Waals surface area contributed by atoms with Gasteiger partial charge in [-0.1, -0.05) is 31.0 Å². The molecule has 8 nitrogen and oxygen atoms in total. The van der Waals surface area contributed by atoms with Crippen molar-refractivity contribution in [1.29, 1.82) is 0 Å². The summed E-state index contributed by atoms with van der Waals surface area (Å²) in [5.41, 5.74) is 2.28. The molecule has 0 radical (unpaired) electrons. The van der Waals surface area contributed by atoms with Crippen LogP contribution in [0.4, 0.5) is 5.69 Å². The van der Waals surface area contributed by atoms with Gasteiger partial charge in [0.1, 0.15) is 5.75 Å². The number of fused-ring (bicyclic) bond motifs is 4. The van der Waals surface area contributed by atoms with Crippen LogP contribution in [0.5, 0.6) is 5.75 Å². The Bertz CT molecular complexity index is 1520. The molecule has 4 aliphatic rings. The zero-order valence-electron chi connectivity index (χ0n) is 26.0. The van der Waals surface area contributed by atoms with E-state index in [0.717, 1.165) is 42.8 Å². The minimum Gasteiger partial charge on any atom is -0.490 e. The normalized spacial score (nSPS) is 33.7. The van der Waals surface area contributed by atoms with Crippen molar-refractivity contribution in [2.75, 3.05) is 38.3 Å². The standard InChI is InChI=1S/C34H45ClN2O6S/c1-22-6-4-15-34(39,21-42-3)29-11-8-26(29)18-37-19-33(14-5-7-24-16-27(35)10-12-28(24)33)20-43-31-13-9-25(17-30(31)37)32(38)36-44(40,41)23(22)2/h9-10,12-13,16-17,22-23,26,29,39H,4-8,11,14-15,18-21H2,1-3H3,(H,36,38)/t22-,23+,26-,29+,33-,34-/m0/s1. The summed E-state index contributed by atoms with van der Waals surface area (Å²) in [5, 5.41) is 12.0. The summed E-state index contributed by atoms with van der Waals surface area (Å²) in [7, 11) is -2.30. The summed E-state index contributed by atoms with van der Waals surface area (Å²) in [4.78, 5) is 15.7. The number of ether oxygens (including phenoxy) is 2. The van der Waals surface area contributed by atoms with E-state index in [4.69, 9.17) is 21.1 Å². The number of hydrogen-bond acceptors (Lipinski definition) is 7. The van der Waals surface area contributed by atoms with E-state index in [-0.39, 0.29) is 35.3 Å². The number of amides is 1. The number of rotatable bonds is 2. The van der Waals surface area contributed by atoms with Crippen LogP contribution in [0, 0.1) is 17.8 Å². The number of hydrogen-bond donors (Lipinski definition) is 2. The Labute approximate surface area is 266 Å². The van der Waals surface area contributed by atoms with Gasteiger partial charge in [-0.25, -0.2) is 13.1 Å². The number of sulfonamides is 1. The van der Waals surface area contributed by atoms with Crippen LogP contribution in [0.15, 0.2) is 36.4 Å². The van der Waals surface area contributed by atoms with Crippen LogP contribution in [-0.4, -0.2) is 63.7 Å². The van der Waals surface area contributed by atoms with Gasteiger partial charge in [-0.05, 0) is 111 Å². The summed E-state index contributed by atoms with van der Waals surface area (Å²) in [6.45, 7) is 5.64. The summed E-state index contributed by atoms with van der Waals surface area (Å²) >= 11 is 6.41. The Morgan fingerprint density at radius 2 is 1.93 bits per heavy atom. The molecule has 0 unspecified atom stereocenters. The van der Waals surface area contributed by atoms with Crippen molar-refractivity contribution >= 4 is 33.2 Å². The highest BCUT2D eigenvalue weighted by atomic mass is 35.5. The molecule has 0 saturated heterocycles. The molecule has 1 amide bonds. The van der Waals surface area contributed by atoms with Crippen molar-refractivity contribution in [2.24, 2.45) is 17.8 Å². The Morgan fingerprint density at radius 3 is 2.68 bits per heavy atom. The van der Waals surface area contributed by atoms with Gasteiger partial charge in [0.2, 0.25) is 10.0 Å². The van der Waals surface area contributed by atoms with E-state index < -0.39 is 26.8 Å². The SMILES string of the molecule is COC[C@@]1(O)CCC[C@H](C)[C@@H](C)S(=O)(=O)NC(=O)c2ccc3c(c2)N(C[C@@H]2CC[C@H]21)C[C@@]1(CCCc2cc(Cl)ccc21)CO3. The first-order valence-electron chi connectivity index (χ1n) is 16.0. The maximum absolute atomic E-state index is 13.4. The number of halogens is 1. The van der Waals surface area contributed by atoms with Gasteiger partial charge >= 0.3 is 0 Å². The second kappa shape index (κ2) is 12.1. The minimum absolute atomic E-state index is 0.0549. The van der Waals surface area contributed by atoms with E-state index in [9.17, 15) is 18.3 Å². The second-order valence-electron chi connectivity index (χ2n) is 13.8. The number of aryl methyl sites for hydroxylation is 1. The number of methoxy groups -OCH3 is 1. The summed E-state index contributed by atoms with van der Waals surface area (Å²) < 4.78 is 41.1. The van der Waals surface area contributed by atoms with Gasteiger partial charge in [0.05, 0.1) is 29.8 Å². The molecule has 2 aliphatic heterocycles. The first kappa shape index (κ1) is 31.6. The lowest BCUT2D eigenvalue weighted by molar-refractivity contribution is -0.125. The maximum Gasteiger partial charge on any atom is 0.264 e. The molecule has 2 heterocycles. The van der Waals surface area contributed by atoms with Crippen LogP contribution >= 0.6 is 11.6 Å². The van der Waals surface area contributed by atoms with Gasteiger partial charge in [0.15, 0.2) is 0 Å². The number of carbonyl (C=O) groups is 1. The van der Waals surface area contributed by atoms with E-state index in [0.29, 0.717) is 44.7 Å². The van der Waals surface area contributed by atoms with Gasteiger partial charge in [0.25, 0.3) is 5.91 Å². The van der Waals surface area contributed by atoms with Gasteiger partial charge < -0.3 is 19.5 Å². The summed E-state index contributed by atoms with van der Waals surface area (Å²) in [6.07, 6.45) is 6.67. The average molecular weight is 645 g/mol. The van der Waals surface area contributed by atoms with Crippen LogP contribution in [-0.2, 0) is 26.6 Å². The lowest BCUT2D eigenvalue weighted by Gasteiger charge is -2.50. The molecule has 2 bridgehead atoms. The fourth-order valence-electron chi connectivity index (χ4n) is 8.20. The molecule has 0 aromatic heterocycles. The maximum atomic E-state index is 13.4. The molecule has 2 aliphatic carbocycles. The topological polar surface area (TPSA) is 105 Å².